The third-order valence-electron chi connectivity index (χ3n) is 4.31. The fourth-order valence-electron chi connectivity index (χ4n) is 3.85. The summed E-state index contributed by atoms with van der Waals surface area (Å²) in [6, 6.07) is 0. The molecule has 3 saturated carbocycles. The second kappa shape index (κ2) is 2.01. The van der Waals surface area contributed by atoms with Crippen molar-refractivity contribution in [2.24, 2.45) is 23.7 Å². The van der Waals surface area contributed by atoms with Crippen LogP contribution in [0.25, 0.3) is 0 Å². The summed E-state index contributed by atoms with van der Waals surface area (Å²) in [4.78, 5) is 0. The van der Waals surface area contributed by atoms with Crippen molar-refractivity contribution >= 4 is 0 Å². The molecule has 0 spiro atoms. The summed E-state index contributed by atoms with van der Waals surface area (Å²) in [6.07, 6.45) is 6.96. The molecular weight excluding hydrogens is 136 g/mol. The Morgan fingerprint density at radius 2 is 1.64 bits per heavy atom. The Kier molecular flexibility index (Phi) is 1.18. The Hall–Kier alpha value is -0.0400. The van der Waals surface area contributed by atoms with E-state index in [0.29, 0.717) is 11.8 Å². The van der Waals surface area contributed by atoms with Crippen molar-refractivity contribution in [2.45, 2.75) is 38.2 Å². The van der Waals surface area contributed by atoms with E-state index in [1.807, 2.05) is 0 Å². The predicted molar refractivity (Wildman–Crippen MR) is 43.1 cm³/mol. The molecule has 0 aliphatic heterocycles. The molecule has 1 nitrogen and oxygen atoms in total. The van der Waals surface area contributed by atoms with E-state index in [4.69, 9.17) is 0 Å². The van der Waals surface area contributed by atoms with Crippen LogP contribution in [0.15, 0.2) is 0 Å². The fraction of sp³-hybridized carbons (Fsp3) is 1.00. The van der Waals surface area contributed by atoms with Gasteiger partial charge in [0.05, 0.1) is 6.10 Å². The molecule has 0 radical (unpaired) electrons. The summed E-state index contributed by atoms with van der Waals surface area (Å²) in [5.41, 5.74) is 0. The van der Waals surface area contributed by atoms with E-state index in [1.54, 1.807) is 0 Å². The molecule has 1 N–H and O–H groups in total. The minimum Gasteiger partial charge on any atom is -0.393 e. The van der Waals surface area contributed by atoms with Crippen molar-refractivity contribution in [3.05, 3.63) is 0 Å². The highest BCUT2D eigenvalue weighted by molar-refractivity contribution is 4.99. The van der Waals surface area contributed by atoms with Crippen LogP contribution in [-0.4, -0.2) is 11.2 Å². The second-order valence-electron chi connectivity index (χ2n) is 4.83. The minimum absolute atomic E-state index is 0.0903. The molecule has 3 bridgehead atoms. The fourth-order valence-corrected chi connectivity index (χ4v) is 3.85. The topological polar surface area (TPSA) is 20.2 Å². The van der Waals surface area contributed by atoms with Crippen LogP contribution in [0, 0.1) is 23.7 Å². The van der Waals surface area contributed by atoms with Gasteiger partial charge in [0.15, 0.2) is 0 Å². The van der Waals surface area contributed by atoms with Gasteiger partial charge in [0, 0.05) is 0 Å². The SMILES string of the molecule is OC1C2CCC3CC(C2)CC31. The molecule has 0 aromatic carbocycles. The summed E-state index contributed by atoms with van der Waals surface area (Å²) in [6.45, 7) is 0. The van der Waals surface area contributed by atoms with Gasteiger partial charge in [-0.05, 0) is 55.8 Å². The van der Waals surface area contributed by atoms with Crippen molar-refractivity contribution in [1.82, 2.24) is 0 Å². The average Bonchev–Trinajstić information content (AvgIpc) is 2.19. The van der Waals surface area contributed by atoms with E-state index in [0.717, 1.165) is 11.8 Å². The molecule has 1 heteroatoms. The van der Waals surface area contributed by atoms with E-state index in [9.17, 15) is 5.11 Å². The molecule has 11 heavy (non-hydrogen) atoms. The molecule has 0 heterocycles. The zero-order chi connectivity index (χ0) is 7.42. The summed E-state index contributed by atoms with van der Waals surface area (Å²) >= 11 is 0. The molecule has 0 aromatic rings. The van der Waals surface area contributed by atoms with Gasteiger partial charge in [-0.25, -0.2) is 0 Å². The molecule has 3 rings (SSSR count). The summed E-state index contributed by atoms with van der Waals surface area (Å²) < 4.78 is 0. The Morgan fingerprint density at radius 3 is 2.55 bits per heavy atom. The van der Waals surface area contributed by atoms with Crippen molar-refractivity contribution < 1.29 is 5.11 Å². The van der Waals surface area contributed by atoms with Gasteiger partial charge in [0.1, 0.15) is 0 Å². The second-order valence-corrected chi connectivity index (χ2v) is 4.83. The number of aliphatic hydroxyl groups is 1. The molecule has 0 amide bonds. The molecule has 5 unspecified atom stereocenters. The monoisotopic (exact) mass is 152 g/mol. The van der Waals surface area contributed by atoms with E-state index in [1.165, 1.54) is 32.1 Å². The van der Waals surface area contributed by atoms with Gasteiger partial charge in [-0.3, -0.25) is 0 Å². The number of fused-ring (bicyclic) bond motifs is 2. The third kappa shape index (κ3) is 0.752. The average molecular weight is 152 g/mol. The van der Waals surface area contributed by atoms with Crippen LogP contribution < -0.4 is 0 Å². The van der Waals surface area contributed by atoms with Gasteiger partial charge >= 0.3 is 0 Å². The first-order valence-electron chi connectivity index (χ1n) is 5.02. The van der Waals surface area contributed by atoms with Crippen LogP contribution in [0.1, 0.15) is 32.1 Å². The van der Waals surface area contributed by atoms with Crippen LogP contribution in [-0.2, 0) is 0 Å². The number of aliphatic hydroxyl groups excluding tert-OH is 1. The molecule has 62 valence electrons. The predicted octanol–water partition coefficient (Wildman–Crippen LogP) is 1.80. The first kappa shape index (κ1) is 6.47. The van der Waals surface area contributed by atoms with Gasteiger partial charge in [0.2, 0.25) is 0 Å². The maximum atomic E-state index is 9.89. The molecule has 0 saturated heterocycles. The van der Waals surface area contributed by atoms with Crippen LogP contribution in [0.3, 0.4) is 0 Å². The summed E-state index contributed by atoms with van der Waals surface area (Å²) in [5.74, 6) is 3.32. The quantitative estimate of drug-likeness (QED) is 0.561. The number of hydrogen-bond acceptors (Lipinski definition) is 1. The normalized spacial score (nSPS) is 60.3. The van der Waals surface area contributed by atoms with Gasteiger partial charge in [-0.2, -0.15) is 0 Å². The summed E-state index contributed by atoms with van der Waals surface area (Å²) in [5, 5.41) is 9.89. The van der Waals surface area contributed by atoms with E-state index >= 15 is 0 Å². The minimum atomic E-state index is 0.0903. The zero-order valence-corrected chi connectivity index (χ0v) is 6.87. The van der Waals surface area contributed by atoms with Gasteiger partial charge < -0.3 is 5.11 Å². The van der Waals surface area contributed by atoms with Gasteiger partial charge in [-0.1, -0.05) is 0 Å². The largest absolute Gasteiger partial charge is 0.393 e. The lowest BCUT2D eigenvalue weighted by Crippen LogP contribution is -2.38. The van der Waals surface area contributed by atoms with Gasteiger partial charge in [-0.15, -0.1) is 0 Å². The Balaban J connectivity index is 1.96. The lowest BCUT2D eigenvalue weighted by Gasteiger charge is -2.39. The lowest BCUT2D eigenvalue weighted by molar-refractivity contribution is -0.0203. The molecule has 3 aliphatic rings. The number of rotatable bonds is 0. The van der Waals surface area contributed by atoms with E-state index < -0.39 is 0 Å². The first-order chi connectivity index (χ1) is 5.34. The molecule has 5 atom stereocenters. The third-order valence-corrected chi connectivity index (χ3v) is 4.31. The van der Waals surface area contributed by atoms with Crippen LogP contribution in [0.2, 0.25) is 0 Å². The van der Waals surface area contributed by atoms with Crippen molar-refractivity contribution in [3.63, 3.8) is 0 Å². The van der Waals surface area contributed by atoms with Gasteiger partial charge in [0.25, 0.3) is 0 Å². The van der Waals surface area contributed by atoms with Crippen molar-refractivity contribution in [2.75, 3.05) is 0 Å². The highest BCUT2D eigenvalue weighted by atomic mass is 16.3. The van der Waals surface area contributed by atoms with Crippen LogP contribution >= 0.6 is 0 Å². The van der Waals surface area contributed by atoms with Crippen LogP contribution in [0.5, 0.6) is 0 Å². The lowest BCUT2D eigenvalue weighted by atomic mass is 9.70. The van der Waals surface area contributed by atoms with E-state index in [-0.39, 0.29) is 6.10 Å². The Bertz CT molecular complexity index is 172. The maximum Gasteiger partial charge on any atom is 0.0599 e. The zero-order valence-electron chi connectivity index (χ0n) is 6.87. The molecule has 3 fully saturated rings. The molecule has 0 aromatic heterocycles. The summed E-state index contributed by atoms with van der Waals surface area (Å²) in [7, 11) is 0. The highest BCUT2D eigenvalue weighted by Crippen LogP contribution is 2.54. The number of hydrogen-bond donors (Lipinski definition) is 1. The highest BCUT2D eigenvalue weighted by Gasteiger charge is 2.49. The first-order valence-corrected chi connectivity index (χ1v) is 5.02. The Morgan fingerprint density at radius 1 is 0.909 bits per heavy atom. The van der Waals surface area contributed by atoms with Crippen molar-refractivity contribution in [3.8, 4) is 0 Å². The smallest absolute Gasteiger partial charge is 0.0599 e. The maximum absolute atomic E-state index is 9.89. The molecular formula is C10H16O. The van der Waals surface area contributed by atoms with E-state index in [2.05, 4.69) is 0 Å². The van der Waals surface area contributed by atoms with Crippen molar-refractivity contribution in [1.29, 1.82) is 0 Å². The standard InChI is InChI=1S/C10H16O/c11-10-8-2-1-7-3-6(4-8)5-9(7)10/h6-11H,1-5H2. The van der Waals surface area contributed by atoms with Crippen LogP contribution in [0.4, 0.5) is 0 Å². The molecule has 3 aliphatic carbocycles. The Labute approximate surface area is 67.8 Å².